The van der Waals surface area contributed by atoms with Crippen LogP contribution in [0.1, 0.15) is 40.0 Å². The van der Waals surface area contributed by atoms with Crippen LogP contribution in [0.25, 0.3) is 11.0 Å². The maximum Gasteiger partial charge on any atom is 0.349 e. The Balaban J connectivity index is 1.53. The summed E-state index contributed by atoms with van der Waals surface area (Å²) in [6.07, 6.45) is 1.54. The second-order valence-corrected chi connectivity index (χ2v) is 8.96. The van der Waals surface area contributed by atoms with Crippen molar-refractivity contribution < 1.29 is 23.4 Å². The molecule has 1 aliphatic rings. The van der Waals surface area contributed by atoms with E-state index in [0.717, 1.165) is 17.5 Å². The third-order valence-electron chi connectivity index (χ3n) is 6.87. The number of hydrogen-bond acceptors (Lipinski definition) is 6. The summed E-state index contributed by atoms with van der Waals surface area (Å²) in [5.41, 5.74) is 2.94. The Bertz CT molecular complexity index is 1490. The van der Waals surface area contributed by atoms with Gasteiger partial charge in [0.2, 0.25) is 0 Å². The highest BCUT2D eigenvalue weighted by Gasteiger charge is 2.34. The highest BCUT2D eigenvalue weighted by atomic mass is 16.5. The van der Waals surface area contributed by atoms with E-state index in [-0.39, 0.29) is 12.2 Å². The van der Waals surface area contributed by atoms with Gasteiger partial charge in [-0.05, 0) is 65.9 Å². The Labute approximate surface area is 215 Å². The van der Waals surface area contributed by atoms with Crippen molar-refractivity contribution in [3.05, 3.63) is 99.4 Å². The molecule has 1 atom stereocenters. The molecule has 3 aromatic carbocycles. The van der Waals surface area contributed by atoms with Crippen molar-refractivity contribution in [1.29, 1.82) is 0 Å². The van der Waals surface area contributed by atoms with Gasteiger partial charge in [-0.25, -0.2) is 4.79 Å². The molecule has 7 nitrogen and oxygen atoms in total. The molecule has 0 fully saturated rings. The van der Waals surface area contributed by atoms with Gasteiger partial charge < -0.3 is 23.5 Å². The molecular formula is C30H29NO6. The minimum absolute atomic E-state index is 0.0000691. The Morgan fingerprint density at radius 1 is 1.00 bits per heavy atom. The van der Waals surface area contributed by atoms with Gasteiger partial charge in [0, 0.05) is 11.9 Å². The lowest BCUT2D eigenvalue weighted by Crippen LogP contribution is -2.44. The molecule has 0 radical (unpaired) electrons. The molecule has 1 aromatic heterocycles. The molecule has 0 saturated heterocycles. The minimum atomic E-state index is -0.656. The molecule has 4 aromatic rings. The fourth-order valence-corrected chi connectivity index (χ4v) is 4.81. The van der Waals surface area contributed by atoms with Crippen LogP contribution in [0.15, 0.2) is 75.9 Å². The van der Waals surface area contributed by atoms with Crippen LogP contribution in [-0.4, -0.2) is 38.2 Å². The van der Waals surface area contributed by atoms with Gasteiger partial charge >= 0.3 is 5.63 Å². The fourth-order valence-electron chi connectivity index (χ4n) is 4.81. The lowest BCUT2D eigenvalue weighted by molar-refractivity contribution is 0.0585. The van der Waals surface area contributed by atoms with Crippen LogP contribution in [-0.2, 0) is 12.8 Å². The summed E-state index contributed by atoms with van der Waals surface area (Å²) >= 11 is 0. The van der Waals surface area contributed by atoms with E-state index < -0.39 is 17.6 Å². The molecular weight excluding hydrogens is 470 g/mol. The first-order valence-corrected chi connectivity index (χ1v) is 12.3. The molecule has 37 heavy (non-hydrogen) atoms. The van der Waals surface area contributed by atoms with Gasteiger partial charge in [-0.15, -0.1) is 0 Å². The normalized spacial score (nSPS) is 14.8. The standard InChI is InChI=1S/C30H29NO6/c1-4-19-9-11-22(12-10-19)36-18-25-23-17-28(35-3)27(34-2)16-20(23)13-14-31(25)29(32)24-15-21-7-5-6-8-26(21)37-30(24)33/h5-12,15-17,25H,4,13-14,18H2,1-3H3/t25-/m0/s1. The number of aryl methyl sites for hydroxylation is 1. The molecule has 2 heterocycles. The number of rotatable bonds is 7. The number of ether oxygens (including phenoxy) is 3. The molecule has 0 bridgehead atoms. The molecule has 5 rings (SSSR count). The first-order chi connectivity index (χ1) is 18.0. The smallest absolute Gasteiger partial charge is 0.349 e. The average molecular weight is 500 g/mol. The van der Waals surface area contributed by atoms with E-state index in [1.54, 1.807) is 37.3 Å². The summed E-state index contributed by atoms with van der Waals surface area (Å²) < 4.78 is 22.7. The summed E-state index contributed by atoms with van der Waals surface area (Å²) in [4.78, 5) is 28.3. The van der Waals surface area contributed by atoms with Gasteiger partial charge in [-0.3, -0.25) is 4.79 Å². The highest BCUT2D eigenvalue weighted by Crippen LogP contribution is 2.39. The zero-order chi connectivity index (χ0) is 25.9. The number of methoxy groups -OCH3 is 2. The van der Waals surface area contributed by atoms with Crippen molar-refractivity contribution in [3.8, 4) is 17.2 Å². The summed E-state index contributed by atoms with van der Waals surface area (Å²) in [6.45, 7) is 2.72. The van der Waals surface area contributed by atoms with Crippen LogP contribution < -0.4 is 19.8 Å². The van der Waals surface area contributed by atoms with Gasteiger partial charge in [0.05, 0.1) is 20.3 Å². The lowest BCUT2D eigenvalue weighted by Gasteiger charge is -2.37. The van der Waals surface area contributed by atoms with Crippen LogP contribution in [0.4, 0.5) is 0 Å². The van der Waals surface area contributed by atoms with Crippen molar-refractivity contribution in [2.45, 2.75) is 25.8 Å². The van der Waals surface area contributed by atoms with Crippen LogP contribution in [0.2, 0.25) is 0 Å². The highest BCUT2D eigenvalue weighted by molar-refractivity contribution is 5.97. The van der Waals surface area contributed by atoms with Gasteiger partial charge in [0.15, 0.2) is 11.5 Å². The fraction of sp³-hybridized carbons (Fsp3) is 0.267. The number of nitrogens with zero attached hydrogens (tertiary/aromatic N) is 1. The predicted molar refractivity (Wildman–Crippen MR) is 141 cm³/mol. The molecule has 0 spiro atoms. The van der Waals surface area contributed by atoms with E-state index in [9.17, 15) is 9.59 Å². The van der Waals surface area contributed by atoms with E-state index in [1.807, 2.05) is 48.5 Å². The monoisotopic (exact) mass is 499 g/mol. The first-order valence-electron chi connectivity index (χ1n) is 12.3. The molecule has 190 valence electrons. The number of amides is 1. The van der Waals surface area contributed by atoms with Crippen molar-refractivity contribution in [1.82, 2.24) is 4.90 Å². The van der Waals surface area contributed by atoms with Crippen molar-refractivity contribution in [3.63, 3.8) is 0 Å². The van der Waals surface area contributed by atoms with E-state index in [2.05, 4.69) is 6.92 Å². The molecule has 0 saturated carbocycles. The summed E-state index contributed by atoms with van der Waals surface area (Å²) in [6, 6.07) is 20.1. The number of para-hydroxylation sites is 1. The van der Waals surface area contributed by atoms with Crippen LogP contribution in [0.5, 0.6) is 17.2 Å². The number of carbonyl (C=O) groups is 1. The van der Waals surface area contributed by atoms with Crippen LogP contribution >= 0.6 is 0 Å². The van der Waals surface area contributed by atoms with Crippen molar-refractivity contribution >= 4 is 16.9 Å². The average Bonchev–Trinajstić information content (AvgIpc) is 2.94. The number of carbonyl (C=O) groups excluding carboxylic acids is 1. The molecule has 0 N–H and O–H groups in total. The third-order valence-corrected chi connectivity index (χ3v) is 6.87. The maximum atomic E-state index is 13.8. The Kier molecular flexibility index (Phi) is 6.86. The van der Waals surface area contributed by atoms with Gasteiger partial charge in [-0.1, -0.05) is 37.3 Å². The molecule has 1 aliphatic heterocycles. The maximum absolute atomic E-state index is 13.8. The largest absolute Gasteiger partial charge is 0.493 e. The number of hydrogen-bond donors (Lipinski definition) is 0. The molecule has 0 unspecified atom stereocenters. The zero-order valence-electron chi connectivity index (χ0n) is 21.2. The van der Waals surface area contributed by atoms with Crippen molar-refractivity contribution in [2.75, 3.05) is 27.4 Å². The SMILES string of the molecule is CCc1ccc(OC[C@H]2c3cc(OC)c(OC)cc3CCN2C(=O)c2cc3ccccc3oc2=O)cc1. The topological polar surface area (TPSA) is 78.2 Å². The summed E-state index contributed by atoms with van der Waals surface area (Å²) in [5.74, 6) is 1.52. The Hall–Kier alpha value is -4.26. The Morgan fingerprint density at radius 3 is 2.46 bits per heavy atom. The van der Waals surface area contributed by atoms with Crippen LogP contribution in [0.3, 0.4) is 0 Å². The summed E-state index contributed by atoms with van der Waals surface area (Å²) in [5, 5.41) is 0.693. The third kappa shape index (κ3) is 4.77. The van der Waals surface area contributed by atoms with Gasteiger partial charge in [0.1, 0.15) is 23.5 Å². The molecule has 1 amide bonds. The number of fused-ring (bicyclic) bond motifs is 2. The second kappa shape index (κ2) is 10.4. The number of benzene rings is 3. The lowest BCUT2D eigenvalue weighted by atomic mass is 9.91. The van der Waals surface area contributed by atoms with E-state index in [1.165, 1.54) is 5.56 Å². The van der Waals surface area contributed by atoms with E-state index >= 15 is 0 Å². The van der Waals surface area contributed by atoms with E-state index in [4.69, 9.17) is 18.6 Å². The predicted octanol–water partition coefficient (Wildman–Crippen LogP) is 5.19. The van der Waals surface area contributed by atoms with Gasteiger partial charge in [-0.2, -0.15) is 0 Å². The van der Waals surface area contributed by atoms with Crippen molar-refractivity contribution in [2.24, 2.45) is 0 Å². The van der Waals surface area contributed by atoms with Gasteiger partial charge in [0.25, 0.3) is 5.91 Å². The molecule has 7 heteroatoms. The van der Waals surface area contributed by atoms with E-state index in [0.29, 0.717) is 41.2 Å². The Morgan fingerprint density at radius 2 is 1.73 bits per heavy atom. The minimum Gasteiger partial charge on any atom is -0.493 e. The zero-order valence-corrected chi connectivity index (χ0v) is 21.2. The summed E-state index contributed by atoms with van der Waals surface area (Å²) in [7, 11) is 3.18. The van der Waals surface area contributed by atoms with Crippen LogP contribution in [0, 0.1) is 0 Å². The first kappa shape index (κ1) is 24.4. The molecule has 0 aliphatic carbocycles. The quantitative estimate of drug-likeness (QED) is 0.326. The second-order valence-electron chi connectivity index (χ2n) is 8.96.